The van der Waals surface area contributed by atoms with E-state index in [-0.39, 0.29) is 30.9 Å². The van der Waals surface area contributed by atoms with Crippen molar-refractivity contribution in [2.75, 3.05) is 19.0 Å². The number of hydrogen-bond donors (Lipinski definition) is 2. The van der Waals surface area contributed by atoms with Gasteiger partial charge in [0, 0.05) is 24.3 Å². The minimum atomic E-state index is 0. The number of rotatable bonds is 1. The summed E-state index contributed by atoms with van der Waals surface area (Å²) in [5, 5.41) is 3.28. The maximum Gasteiger partial charge on any atom is 0.120 e. The molecule has 1 aliphatic rings. The first-order valence-electron chi connectivity index (χ1n) is 4.46. The van der Waals surface area contributed by atoms with Crippen LogP contribution in [0.3, 0.4) is 0 Å². The van der Waals surface area contributed by atoms with Gasteiger partial charge in [0.25, 0.3) is 0 Å². The number of methoxy groups -OCH3 is 1. The van der Waals surface area contributed by atoms with Crippen molar-refractivity contribution in [2.24, 2.45) is 5.73 Å². The Hall–Kier alpha value is -0.640. The summed E-state index contributed by atoms with van der Waals surface area (Å²) >= 11 is 0. The maximum absolute atomic E-state index is 5.83. The Morgan fingerprint density at radius 3 is 2.80 bits per heavy atom. The van der Waals surface area contributed by atoms with Crippen LogP contribution in [0.25, 0.3) is 0 Å². The lowest BCUT2D eigenvalue weighted by atomic mass is 10.0. The molecule has 1 atom stereocenters. The van der Waals surface area contributed by atoms with Crippen LogP contribution in [0.2, 0.25) is 0 Å². The molecule has 0 aromatic heterocycles. The molecule has 1 aromatic carbocycles. The molecule has 2 rings (SSSR count). The molecule has 0 fully saturated rings. The highest BCUT2D eigenvalue weighted by Crippen LogP contribution is 2.25. The first-order valence-corrected chi connectivity index (χ1v) is 4.46. The van der Waals surface area contributed by atoms with Crippen molar-refractivity contribution >= 4 is 30.5 Å². The van der Waals surface area contributed by atoms with E-state index >= 15 is 0 Å². The molecule has 0 radical (unpaired) electrons. The van der Waals surface area contributed by atoms with Gasteiger partial charge in [-0.1, -0.05) is 6.07 Å². The van der Waals surface area contributed by atoms with Crippen molar-refractivity contribution < 1.29 is 4.74 Å². The van der Waals surface area contributed by atoms with Crippen LogP contribution in [0.1, 0.15) is 5.56 Å². The van der Waals surface area contributed by atoms with E-state index in [2.05, 4.69) is 11.4 Å². The number of ether oxygens (including phenoxy) is 1. The molecule has 1 heterocycles. The molecule has 0 saturated heterocycles. The van der Waals surface area contributed by atoms with Gasteiger partial charge in [0.05, 0.1) is 7.11 Å². The predicted octanol–water partition coefficient (Wildman–Crippen LogP) is 1.83. The lowest BCUT2D eigenvalue weighted by Crippen LogP contribution is -2.35. The van der Waals surface area contributed by atoms with E-state index in [9.17, 15) is 0 Å². The summed E-state index contributed by atoms with van der Waals surface area (Å²) in [6.07, 6.45) is 0.951. The molecular weight excluding hydrogens is 235 g/mol. The highest BCUT2D eigenvalue weighted by Gasteiger charge is 2.14. The van der Waals surface area contributed by atoms with E-state index in [1.807, 2.05) is 12.1 Å². The highest BCUT2D eigenvalue weighted by molar-refractivity contribution is 5.85. The fraction of sp³-hybridized carbons (Fsp3) is 0.400. The zero-order chi connectivity index (χ0) is 9.26. The van der Waals surface area contributed by atoms with E-state index in [0.29, 0.717) is 0 Å². The average Bonchev–Trinajstić information content (AvgIpc) is 2.17. The van der Waals surface area contributed by atoms with E-state index in [1.165, 1.54) is 5.56 Å². The number of hydrogen-bond acceptors (Lipinski definition) is 3. The summed E-state index contributed by atoms with van der Waals surface area (Å²) in [7, 11) is 1.68. The summed E-state index contributed by atoms with van der Waals surface area (Å²) in [5.41, 5.74) is 8.26. The van der Waals surface area contributed by atoms with Gasteiger partial charge in [-0.3, -0.25) is 0 Å². The van der Waals surface area contributed by atoms with Crippen molar-refractivity contribution in [1.82, 2.24) is 0 Å². The molecule has 1 aromatic rings. The second-order valence-corrected chi connectivity index (χ2v) is 3.37. The topological polar surface area (TPSA) is 47.3 Å². The van der Waals surface area contributed by atoms with Gasteiger partial charge in [0.1, 0.15) is 5.75 Å². The minimum Gasteiger partial charge on any atom is -0.497 e. The van der Waals surface area contributed by atoms with Crippen LogP contribution in [0.15, 0.2) is 18.2 Å². The second-order valence-electron chi connectivity index (χ2n) is 3.37. The Kier molecular flexibility index (Phi) is 5.80. The van der Waals surface area contributed by atoms with Crippen LogP contribution in [0.5, 0.6) is 5.75 Å². The fourth-order valence-electron chi connectivity index (χ4n) is 1.62. The Bertz CT molecular complexity index is 320. The lowest BCUT2D eigenvalue weighted by Gasteiger charge is -2.23. The Labute approximate surface area is 102 Å². The third-order valence-corrected chi connectivity index (χ3v) is 2.35. The van der Waals surface area contributed by atoms with Crippen molar-refractivity contribution in [1.29, 1.82) is 0 Å². The van der Waals surface area contributed by atoms with Gasteiger partial charge in [-0.05, 0) is 18.1 Å². The van der Waals surface area contributed by atoms with Crippen LogP contribution >= 0.6 is 24.8 Å². The van der Waals surface area contributed by atoms with E-state index in [4.69, 9.17) is 10.5 Å². The van der Waals surface area contributed by atoms with Gasteiger partial charge in [0.2, 0.25) is 0 Å². The SMILES string of the molecule is COc1ccc2c(c1)NCC(N)C2.Cl.Cl. The number of nitrogens with one attached hydrogen (secondary N) is 1. The molecule has 86 valence electrons. The van der Waals surface area contributed by atoms with Gasteiger partial charge >= 0.3 is 0 Å². The van der Waals surface area contributed by atoms with E-state index in [1.54, 1.807) is 7.11 Å². The number of halogens is 2. The van der Waals surface area contributed by atoms with Crippen LogP contribution < -0.4 is 15.8 Å². The summed E-state index contributed by atoms with van der Waals surface area (Å²) in [6.45, 7) is 0.847. The first-order chi connectivity index (χ1) is 6.29. The molecule has 0 amide bonds. The van der Waals surface area contributed by atoms with Crippen molar-refractivity contribution in [3.63, 3.8) is 0 Å². The number of benzene rings is 1. The van der Waals surface area contributed by atoms with Gasteiger partial charge < -0.3 is 15.8 Å². The number of anilines is 1. The normalized spacial score (nSPS) is 17.6. The number of fused-ring (bicyclic) bond motifs is 1. The Morgan fingerprint density at radius 1 is 1.40 bits per heavy atom. The highest BCUT2D eigenvalue weighted by atomic mass is 35.5. The molecule has 3 N–H and O–H groups in total. The maximum atomic E-state index is 5.83. The van der Waals surface area contributed by atoms with Crippen molar-refractivity contribution in [3.05, 3.63) is 23.8 Å². The largest absolute Gasteiger partial charge is 0.497 e. The van der Waals surface area contributed by atoms with Gasteiger partial charge in [-0.25, -0.2) is 0 Å². The van der Waals surface area contributed by atoms with Gasteiger partial charge in [0.15, 0.2) is 0 Å². The van der Waals surface area contributed by atoms with E-state index < -0.39 is 0 Å². The monoisotopic (exact) mass is 250 g/mol. The van der Waals surface area contributed by atoms with Crippen LogP contribution in [0, 0.1) is 0 Å². The molecule has 1 unspecified atom stereocenters. The molecule has 1 aliphatic heterocycles. The summed E-state index contributed by atoms with van der Waals surface area (Å²) in [6, 6.07) is 6.29. The Morgan fingerprint density at radius 2 is 2.13 bits per heavy atom. The predicted molar refractivity (Wildman–Crippen MR) is 67.7 cm³/mol. The molecule has 0 spiro atoms. The van der Waals surface area contributed by atoms with Crippen LogP contribution in [-0.4, -0.2) is 19.7 Å². The summed E-state index contributed by atoms with van der Waals surface area (Å²) in [5.74, 6) is 0.890. The minimum absolute atomic E-state index is 0. The van der Waals surface area contributed by atoms with Crippen molar-refractivity contribution in [3.8, 4) is 5.75 Å². The van der Waals surface area contributed by atoms with Crippen molar-refractivity contribution in [2.45, 2.75) is 12.5 Å². The lowest BCUT2D eigenvalue weighted by molar-refractivity contribution is 0.414. The zero-order valence-corrected chi connectivity index (χ0v) is 10.2. The molecular formula is C10H16Cl2N2O. The average molecular weight is 251 g/mol. The molecule has 3 nitrogen and oxygen atoms in total. The van der Waals surface area contributed by atoms with Crippen LogP contribution in [-0.2, 0) is 6.42 Å². The molecule has 0 bridgehead atoms. The number of nitrogens with two attached hydrogens (primary N) is 1. The zero-order valence-electron chi connectivity index (χ0n) is 8.53. The fourth-order valence-corrected chi connectivity index (χ4v) is 1.62. The van der Waals surface area contributed by atoms with Crippen LogP contribution in [0.4, 0.5) is 5.69 Å². The molecule has 5 heteroatoms. The summed E-state index contributed by atoms with van der Waals surface area (Å²) < 4.78 is 5.14. The smallest absolute Gasteiger partial charge is 0.120 e. The standard InChI is InChI=1S/C10H14N2O.2ClH/c1-13-9-3-2-7-4-8(11)6-12-10(7)5-9;;/h2-3,5,8,12H,4,6,11H2,1H3;2*1H. The third kappa shape index (κ3) is 3.16. The molecule has 15 heavy (non-hydrogen) atoms. The van der Waals surface area contributed by atoms with Gasteiger partial charge in [-0.15, -0.1) is 24.8 Å². The quantitative estimate of drug-likeness (QED) is 0.800. The molecule has 0 aliphatic carbocycles. The van der Waals surface area contributed by atoms with Gasteiger partial charge in [-0.2, -0.15) is 0 Å². The Balaban J connectivity index is 0.000000980. The third-order valence-electron chi connectivity index (χ3n) is 2.35. The first kappa shape index (κ1) is 14.4. The summed E-state index contributed by atoms with van der Waals surface area (Å²) in [4.78, 5) is 0. The molecule has 0 saturated carbocycles. The second kappa shape index (κ2) is 6.05. The van der Waals surface area contributed by atoms with E-state index in [0.717, 1.165) is 24.4 Å².